The number of aromatic nitrogens is 2. The van der Waals surface area contributed by atoms with Gasteiger partial charge in [-0.1, -0.05) is 12.1 Å². The number of amides is 2. The van der Waals surface area contributed by atoms with Gasteiger partial charge in [0.15, 0.2) is 5.82 Å². The van der Waals surface area contributed by atoms with Crippen molar-refractivity contribution in [2.24, 2.45) is 0 Å². The molecule has 4 rings (SSSR count). The second kappa shape index (κ2) is 9.65. The van der Waals surface area contributed by atoms with Gasteiger partial charge in [0.1, 0.15) is 5.82 Å². The van der Waals surface area contributed by atoms with Crippen LogP contribution in [0.2, 0.25) is 0 Å². The molecule has 0 aliphatic carbocycles. The summed E-state index contributed by atoms with van der Waals surface area (Å²) in [5.41, 5.74) is 3.63. The Labute approximate surface area is 189 Å². The van der Waals surface area contributed by atoms with Crippen molar-refractivity contribution < 1.29 is 14.3 Å². The summed E-state index contributed by atoms with van der Waals surface area (Å²) in [5.74, 6) is 1.50. The van der Waals surface area contributed by atoms with Crippen LogP contribution in [0.3, 0.4) is 0 Å². The summed E-state index contributed by atoms with van der Waals surface area (Å²) < 4.78 is 5.43. The normalized spacial score (nSPS) is 17.9. The van der Waals surface area contributed by atoms with Crippen LogP contribution in [0.5, 0.6) is 0 Å². The standard InChI is InChI=1S/C24H31N5O3/c1-4-32-15-17-7-9-18(10-8-17)24(31)28-13-11-19-20(14-28)26-23(27-22(19)25-3)21-6-5-12-29(21)16(2)30/h7-10,21H,4-6,11-15H2,1-3H3,(H,25,26,27)/t21-/m1/s1. The number of hydrogen-bond donors (Lipinski definition) is 1. The minimum absolute atomic E-state index is 0.00370. The summed E-state index contributed by atoms with van der Waals surface area (Å²) in [6.45, 7) is 6.56. The van der Waals surface area contributed by atoms with Gasteiger partial charge in [0, 0.05) is 44.8 Å². The van der Waals surface area contributed by atoms with Gasteiger partial charge in [-0.25, -0.2) is 9.97 Å². The molecule has 2 aromatic rings. The maximum absolute atomic E-state index is 13.2. The minimum Gasteiger partial charge on any atom is -0.377 e. The third-order valence-corrected chi connectivity index (χ3v) is 6.24. The number of benzene rings is 1. The van der Waals surface area contributed by atoms with Gasteiger partial charge in [-0.3, -0.25) is 9.59 Å². The van der Waals surface area contributed by atoms with Gasteiger partial charge in [0.2, 0.25) is 5.91 Å². The minimum atomic E-state index is -0.103. The number of carbonyl (C=O) groups excluding carboxylic acids is 2. The molecule has 0 radical (unpaired) electrons. The average Bonchev–Trinajstić information content (AvgIpc) is 3.32. The monoisotopic (exact) mass is 437 g/mol. The molecule has 32 heavy (non-hydrogen) atoms. The highest BCUT2D eigenvalue weighted by Crippen LogP contribution is 2.33. The second-order valence-electron chi connectivity index (χ2n) is 8.29. The lowest BCUT2D eigenvalue weighted by atomic mass is 10.0. The molecule has 1 fully saturated rings. The van der Waals surface area contributed by atoms with Gasteiger partial charge in [0.05, 0.1) is 24.9 Å². The van der Waals surface area contributed by atoms with Crippen molar-refractivity contribution in [2.45, 2.75) is 52.3 Å². The molecule has 1 aromatic heterocycles. The summed E-state index contributed by atoms with van der Waals surface area (Å²) in [6.07, 6.45) is 2.50. The van der Waals surface area contributed by atoms with E-state index >= 15 is 0 Å². The molecule has 2 aliphatic heterocycles. The third-order valence-electron chi connectivity index (χ3n) is 6.24. The van der Waals surface area contributed by atoms with E-state index < -0.39 is 0 Å². The molecule has 8 nitrogen and oxygen atoms in total. The molecule has 1 aromatic carbocycles. The van der Waals surface area contributed by atoms with Gasteiger partial charge in [0.25, 0.3) is 5.91 Å². The number of likely N-dealkylation sites (tertiary alicyclic amines) is 1. The molecule has 2 amide bonds. The van der Waals surface area contributed by atoms with Crippen molar-refractivity contribution >= 4 is 17.6 Å². The predicted octanol–water partition coefficient (Wildman–Crippen LogP) is 2.94. The Morgan fingerprint density at radius 1 is 1.19 bits per heavy atom. The molecular weight excluding hydrogens is 406 g/mol. The van der Waals surface area contributed by atoms with E-state index in [9.17, 15) is 9.59 Å². The first-order valence-corrected chi connectivity index (χ1v) is 11.3. The Balaban J connectivity index is 1.55. The van der Waals surface area contributed by atoms with E-state index in [0.717, 1.165) is 42.0 Å². The summed E-state index contributed by atoms with van der Waals surface area (Å²) in [6, 6.07) is 7.50. The zero-order chi connectivity index (χ0) is 22.7. The van der Waals surface area contributed by atoms with E-state index in [4.69, 9.17) is 14.7 Å². The number of hydrogen-bond acceptors (Lipinski definition) is 6. The van der Waals surface area contributed by atoms with Crippen LogP contribution >= 0.6 is 0 Å². The van der Waals surface area contributed by atoms with Crippen molar-refractivity contribution in [3.05, 3.63) is 52.5 Å². The summed E-state index contributed by atoms with van der Waals surface area (Å²) >= 11 is 0. The fraction of sp³-hybridized carbons (Fsp3) is 0.500. The number of fused-ring (bicyclic) bond motifs is 1. The molecule has 170 valence electrons. The lowest BCUT2D eigenvalue weighted by Gasteiger charge is -2.30. The molecule has 1 saturated heterocycles. The maximum Gasteiger partial charge on any atom is 0.254 e. The molecule has 1 atom stereocenters. The van der Waals surface area contributed by atoms with E-state index in [1.807, 2.05) is 48.0 Å². The molecule has 8 heteroatoms. The van der Waals surface area contributed by atoms with Crippen LogP contribution < -0.4 is 5.32 Å². The van der Waals surface area contributed by atoms with Crippen LogP contribution in [0.4, 0.5) is 5.82 Å². The van der Waals surface area contributed by atoms with Crippen molar-refractivity contribution in [3.8, 4) is 0 Å². The number of rotatable bonds is 6. The Bertz CT molecular complexity index is 992. The van der Waals surface area contributed by atoms with Gasteiger partial charge in [-0.05, 0) is 43.9 Å². The zero-order valence-electron chi connectivity index (χ0n) is 19.1. The lowest BCUT2D eigenvalue weighted by Crippen LogP contribution is -2.37. The highest BCUT2D eigenvalue weighted by molar-refractivity contribution is 5.94. The van der Waals surface area contributed by atoms with Crippen molar-refractivity contribution in [1.29, 1.82) is 0 Å². The van der Waals surface area contributed by atoms with Crippen LogP contribution in [-0.4, -0.2) is 58.3 Å². The van der Waals surface area contributed by atoms with Crippen molar-refractivity contribution in [1.82, 2.24) is 19.8 Å². The fourth-order valence-corrected chi connectivity index (χ4v) is 4.54. The molecule has 0 saturated carbocycles. The quantitative estimate of drug-likeness (QED) is 0.748. The lowest BCUT2D eigenvalue weighted by molar-refractivity contribution is -0.129. The fourth-order valence-electron chi connectivity index (χ4n) is 4.54. The summed E-state index contributed by atoms with van der Waals surface area (Å²) in [5, 5.41) is 3.19. The highest BCUT2D eigenvalue weighted by Gasteiger charge is 2.33. The second-order valence-corrected chi connectivity index (χ2v) is 8.29. The van der Waals surface area contributed by atoms with E-state index in [2.05, 4.69) is 5.32 Å². The predicted molar refractivity (Wildman–Crippen MR) is 121 cm³/mol. The van der Waals surface area contributed by atoms with Gasteiger partial charge in [-0.2, -0.15) is 0 Å². The Morgan fingerprint density at radius 3 is 2.66 bits per heavy atom. The first-order chi connectivity index (χ1) is 15.5. The van der Waals surface area contributed by atoms with Crippen LogP contribution in [0, 0.1) is 0 Å². The van der Waals surface area contributed by atoms with Crippen molar-refractivity contribution in [3.63, 3.8) is 0 Å². The van der Waals surface area contributed by atoms with E-state index in [-0.39, 0.29) is 17.9 Å². The highest BCUT2D eigenvalue weighted by atomic mass is 16.5. The Kier molecular flexibility index (Phi) is 6.69. The molecular formula is C24H31N5O3. The zero-order valence-corrected chi connectivity index (χ0v) is 19.1. The summed E-state index contributed by atoms with van der Waals surface area (Å²) in [7, 11) is 1.85. The molecule has 0 spiro atoms. The van der Waals surface area contributed by atoms with E-state index in [1.54, 1.807) is 6.92 Å². The Morgan fingerprint density at radius 2 is 1.97 bits per heavy atom. The molecule has 0 bridgehead atoms. The van der Waals surface area contributed by atoms with Crippen LogP contribution in [0.25, 0.3) is 0 Å². The SMILES string of the molecule is CCOCc1ccc(C(=O)N2CCc3c(nc([C@H]4CCCN4C(C)=O)nc3NC)C2)cc1. The van der Waals surface area contributed by atoms with E-state index in [1.165, 1.54) is 0 Å². The first-order valence-electron chi connectivity index (χ1n) is 11.3. The first kappa shape index (κ1) is 22.2. The summed E-state index contributed by atoms with van der Waals surface area (Å²) in [4.78, 5) is 38.5. The van der Waals surface area contributed by atoms with E-state index in [0.29, 0.717) is 44.1 Å². The topological polar surface area (TPSA) is 87.7 Å². The number of ether oxygens (including phenoxy) is 1. The molecule has 1 N–H and O–H groups in total. The van der Waals surface area contributed by atoms with Gasteiger partial charge in [-0.15, -0.1) is 0 Å². The Hall–Kier alpha value is -3.00. The number of nitrogens with one attached hydrogen (secondary N) is 1. The number of carbonyl (C=O) groups is 2. The van der Waals surface area contributed by atoms with Crippen LogP contribution in [-0.2, 0) is 29.1 Å². The van der Waals surface area contributed by atoms with Crippen LogP contribution in [0.1, 0.15) is 65.7 Å². The third kappa shape index (κ3) is 4.46. The van der Waals surface area contributed by atoms with Gasteiger partial charge >= 0.3 is 0 Å². The van der Waals surface area contributed by atoms with Crippen LogP contribution in [0.15, 0.2) is 24.3 Å². The largest absolute Gasteiger partial charge is 0.377 e. The van der Waals surface area contributed by atoms with Crippen molar-refractivity contribution in [2.75, 3.05) is 32.1 Å². The molecule has 3 heterocycles. The average molecular weight is 438 g/mol. The smallest absolute Gasteiger partial charge is 0.254 e. The molecule has 0 unspecified atom stereocenters. The maximum atomic E-state index is 13.2. The number of nitrogens with zero attached hydrogens (tertiary/aromatic N) is 4. The number of anilines is 1. The molecule has 2 aliphatic rings. The van der Waals surface area contributed by atoms with Gasteiger partial charge < -0.3 is 19.9 Å².